The number of aromatic nitrogens is 2. The predicted molar refractivity (Wildman–Crippen MR) is 84.4 cm³/mol. The van der Waals surface area contributed by atoms with Crippen molar-refractivity contribution in [2.75, 3.05) is 13.2 Å². The van der Waals surface area contributed by atoms with Gasteiger partial charge in [-0.15, -0.1) is 10.2 Å². The third-order valence-corrected chi connectivity index (χ3v) is 4.66. The molecule has 1 aromatic heterocycles. The fourth-order valence-electron chi connectivity index (χ4n) is 3.06. The van der Waals surface area contributed by atoms with Crippen LogP contribution < -0.4 is 0 Å². The molecule has 5 nitrogen and oxygen atoms in total. The molecule has 0 amide bonds. The Bertz CT molecular complexity index is 631. The molecule has 3 rings (SSSR count). The molecule has 1 aliphatic heterocycles. The van der Waals surface area contributed by atoms with Crippen LogP contribution in [0.2, 0.25) is 5.02 Å². The Morgan fingerprint density at radius 3 is 2.95 bits per heavy atom. The van der Waals surface area contributed by atoms with E-state index in [-0.39, 0.29) is 12.6 Å². The highest BCUT2D eigenvalue weighted by Gasteiger charge is 2.29. The van der Waals surface area contributed by atoms with Crippen molar-refractivity contribution in [1.82, 2.24) is 15.1 Å². The van der Waals surface area contributed by atoms with E-state index in [2.05, 4.69) is 22.0 Å². The number of likely N-dealkylation sites (tertiary alicyclic amines) is 1. The molecule has 2 atom stereocenters. The molecule has 0 radical (unpaired) electrons. The van der Waals surface area contributed by atoms with E-state index >= 15 is 0 Å². The van der Waals surface area contributed by atoms with Crippen LogP contribution in [0.3, 0.4) is 0 Å². The maximum absolute atomic E-state index is 9.60. The van der Waals surface area contributed by atoms with Gasteiger partial charge in [-0.05, 0) is 37.4 Å². The maximum Gasteiger partial charge on any atom is 0.249 e. The lowest BCUT2D eigenvalue weighted by Gasteiger charge is -2.38. The summed E-state index contributed by atoms with van der Waals surface area (Å²) in [6.07, 6.45) is 2.28. The Labute approximate surface area is 134 Å². The quantitative estimate of drug-likeness (QED) is 0.938. The standard InChI is InChI=1S/C16H20ClN3O2/c1-11-5-4-8-20(14(11)10-21)9-15-18-19-16(22-15)12-6-2-3-7-13(12)17/h2-3,6-7,11,14,21H,4-5,8-10H2,1H3. The Balaban J connectivity index is 1.75. The topological polar surface area (TPSA) is 62.4 Å². The lowest BCUT2D eigenvalue weighted by Crippen LogP contribution is -2.46. The highest BCUT2D eigenvalue weighted by atomic mass is 35.5. The normalized spacial score (nSPS) is 22.9. The molecule has 1 aromatic carbocycles. The van der Waals surface area contributed by atoms with Crippen LogP contribution in [-0.4, -0.2) is 39.4 Å². The number of halogens is 1. The van der Waals surface area contributed by atoms with Gasteiger partial charge in [-0.3, -0.25) is 4.90 Å². The number of nitrogens with zero attached hydrogens (tertiary/aromatic N) is 3. The second-order valence-electron chi connectivity index (χ2n) is 5.82. The van der Waals surface area contributed by atoms with Crippen molar-refractivity contribution in [2.45, 2.75) is 32.4 Å². The van der Waals surface area contributed by atoms with Gasteiger partial charge in [0.1, 0.15) is 0 Å². The van der Waals surface area contributed by atoms with Gasteiger partial charge < -0.3 is 9.52 Å². The van der Waals surface area contributed by atoms with Crippen LogP contribution in [0.4, 0.5) is 0 Å². The summed E-state index contributed by atoms with van der Waals surface area (Å²) >= 11 is 6.15. The number of benzene rings is 1. The van der Waals surface area contributed by atoms with Crippen LogP contribution in [0.25, 0.3) is 11.5 Å². The van der Waals surface area contributed by atoms with Crippen LogP contribution in [-0.2, 0) is 6.54 Å². The molecule has 1 aliphatic rings. The van der Waals surface area contributed by atoms with Crippen molar-refractivity contribution in [3.05, 3.63) is 35.2 Å². The summed E-state index contributed by atoms with van der Waals surface area (Å²) < 4.78 is 5.75. The van der Waals surface area contributed by atoms with E-state index in [1.165, 1.54) is 0 Å². The molecule has 1 N–H and O–H groups in total. The van der Waals surface area contributed by atoms with Crippen molar-refractivity contribution in [2.24, 2.45) is 5.92 Å². The third-order valence-electron chi connectivity index (χ3n) is 4.33. The number of aliphatic hydroxyl groups is 1. The van der Waals surface area contributed by atoms with Crippen LogP contribution in [0, 0.1) is 5.92 Å². The van der Waals surface area contributed by atoms with E-state index in [1.54, 1.807) is 6.07 Å². The summed E-state index contributed by atoms with van der Waals surface area (Å²) in [7, 11) is 0. The second kappa shape index (κ2) is 6.77. The third kappa shape index (κ3) is 3.16. The fraction of sp³-hybridized carbons (Fsp3) is 0.500. The SMILES string of the molecule is CC1CCCN(Cc2nnc(-c3ccccc3Cl)o2)C1CO. The van der Waals surface area contributed by atoms with Gasteiger partial charge in [-0.25, -0.2) is 0 Å². The maximum atomic E-state index is 9.60. The number of rotatable bonds is 4. The number of hydrogen-bond acceptors (Lipinski definition) is 5. The average Bonchev–Trinajstić information content (AvgIpc) is 2.96. The number of aliphatic hydroxyl groups excluding tert-OH is 1. The summed E-state index contributed by atoms with van der Waals surface area (Å²) in [6.45, 7) is 3.84. The van der Waals surface area contributed by atoms with Crippen LogP contribution in [0.15, 0.2) is 28.7 Å². The van der Waals surface area contributed by atoms with E-state index in [0.717, 1.165) is 24.9 Å². The summed E-state index contributed by atoms with van der Waals surface area (Å²) in [5, 5.41) is 18.4. The number of hydrogen-bond donors (Lipinski definition) is 1. The van der Waals surface area contributed by atoms with Crippen molar-refractivity contribution < 1.29 is 9.52 Å². The minimum atomic E-state index is 0.157. The molecular formula is C16H20ClN3O2. The molecule has 118 valence electrons. The zero-order valence-electron chi connectivity index (χ0n) is 12.6. The molecule has 0 spiro atoms. The first-order valence-electron chi connectivity index (χ1n) is 7.61. The molecule has 0 aliphatic carbocycles. The highest BCUT2D eigenvalue weighted by Crippen LogP contribution is 2.28. The van der Waals surface area contributed by atoms with Gasteiger partial charge in [0.25, 0.3) is 0 Å². The molecule has 1 saturated heterocycles. The lowest BCUT2D eigenvalue weighted by atomic mass is 9.91. The average molecular weight is 322 g/mol. The Morgan fingerprint density at radius 1 is 1.36 bits per heavy atom. The van der Waals surface area contributed by atoms with Gasteiger partial charge in [0.2, 0.25) is 11.8 Å². The van der Waals surface area contributed by atoms with Gasteiger partial charge in [-0.1, -0.05) is 30.7 Å². The first-order chi connectivity index (χ1) is 10.7. The van der Waals surface area contributed by atoms with E-state index in [4.69, 9.17) is 16.0 Å². The molecule has 1 fully saturated rings. The van der Waals surface area contributed by atoms with E-state index in [9.17, 15) is 5.11 Å². The van der Waals surface area contributed by atoms with Gasteiger partial charge in [-0.2, -0.15) is 0 Å². The Morgan fingerprint density at radius 2 is 2.18 bits per heavy atom. The van der Waals surface area contributed by atoms with Gasteiger partial charge >= 0.3 is 0 Å². The molecular weight excluding hydrogens is 302 g/mol. The monoisotopic (exact) mass is 321 g/mol. The lowest BCUT2D eigenvalue weighted by molar-refractivity contribution is 0.0415. The predicted octanol–water partition coefficient (Wildman–Crippen LogP) is 2.98. The minimum Gasteiger partial charge on any atom is -0.419 e. The van der Waals surface area contributed by atoms with Gasteiger partial charge in [0, 0.05) is 6.04 Å². The largest absolute Gasteiger partial charge is 0.419 e. The highest BCUT2D eigenvalue weighted by molar-refractivity contribution is 6.33. The zero-order valence-corrected chi connectivity index (χ0v) is 13.3. The van der Waals surface area contributed by atoms with Crippen LogP contribution in [0.5, 0.6) is 0 Å². The van der Waals surface area contributed by atoms with Crippen molar-refractivity contribution in [1.29, 1.82) is 0 Å². The van der Waals surface area contributed by atoms with Crippen molar-refractivity contribution in [3.8, 4) is 11.5 Å². The van der Waals surface area contributed by atoms with Crippen LogP contribution in [0.1, 0.15) is 25.7 Å². The molecule has 22 heavy (non-hydrogen) atoms. The second-order valence-corrected chi connectivity index (χ2v) is 6.23. The molecule has 6 heteroatoms. The minimum absolute atomic E-state index is 0.157. The smallest absolute Gasteiger partial charge is 0.249 e. The van der Waals surface area contributed by atoms with E-state index in [1.807, 2.05) is 18.2 Å². The van der Waals surface area contributed by atoms with E-state index in [0.29, 0.717) is 29.3 Å². The number of piperidine rings is 1. The first kappa shape index (κ1) is 15.5. The fourth-order valence-corrected chi connectivity index (χ4v) is 3.28. The zero-order chi connectivity index (χ0) is 15.5. The summed E-state index contributed by atoms with van der Waals surface area (Å²) in [6, 6.07) is 7.57. The summed E-state index contributed by atoms with van der Waals surface area (Å²) in [4.78, 5) is 2.22. The molecule has 0 saturated carbocycles. The van der Waals surface area contributed by atoms with Gasteiger partial charge in [0.05, 0.1) is 23.7 Å². The van der Waals surface area contributed by atoms with Crippen molar-refractivity contribution in [3.63, 3.8) is 0 Å². The van der Waals surface area contributed by atoms with Crippen molar-refractivity contribution >= 4 is 11.6 Å². The summed E-state index contributed by atoms with van der Waals surface area (Å²) in [5.74, 6) is 1.47. The first-order valence-corrected chi connectivity index (χ1v) is 7.99. The Hall–Kier alpha value is -1.43. The molecule has 2 heterocycles. The van der Waals surface area contributed by atoms with Crippen LogP contribution >= 0.6 is 11.6 Å². The molecule has 2 unspecified atom stereocenters. The summed E-state index contributed by atoms with van der Waals surface area (Å²) in [5.41, 5.74) is 0.744. The van der Waals surface area contributed by atoms with E-state index < -0.39 is 0 Å². The Kier molecular flexibility index (Phi) is 4.76. The molecule has 0 bridgehead atoms. The van der Waals surface area contributed by atoms with Gasteiger partial charge in [0.15, 0.2) is 0 Å². The molecule has 2 aromatic rings.